The highest BCUT2D eigenvalue weighted by Gasteiger charge is 2.03. The van der Waals surface area contributed by atoms with Crippen molar-refractivity contribution in [2.75, 3.05) is 13.1 Å². The third kappa shape index (κ3) is 6.32. The summed E-state index contributed by atoms with van der Waals surface area (Å²) in [6, 6.07) is 0. The van der Waals surface area contributed by atoms with Gasteiger partial charge in [0.25, 0.3) is 0 Å². The highest BCUT2D eigenvalue weighted by Crippen LogP contribution is 2.13. The van der Waals surface area contributed by atoms with Crippen LogP contribution in [-0.2, 0) is 0 Å². The zero-order valence-corrected chi connectivity index (χ0v) is 7.84. The second kappa shape index (κ2) is 6.62. The summed E-state index contributed by atoms with van der Waals surface area (Å²) in [4.78, 5) is 0. The van der Waals surface area contributed by atoms with E-state index in [9.17, 15) is 0 Å². The first-order valence-corrected chi connectivity index (χ1v) is 4.60. The molecule has 0 aromatic rings. The van der Waals surface area contributed by atoms with E-state index >= 15 is 0 Å². The second-order valence-electron chi connectivity index (χ2n) is 3.60. The Hall–Kier alpha value is -0.0800. The first kappa shape index (κ1) is 10.9. The Balaban J connectivity index is 3.22. The summed E-state index contributed by atoms with van der Waals surface area (Å²) in [6.45, 7) is 6.10. The average Bonchev–Trinajstić information content (AvgIpc) is 2.01. The highest BCUT2D eigenvalue weighted by molar-refractivity contribution is 4.58. The molecule has 2 unspecified atom stereocenters. The van der Waals surface area contributed by atoms with Crippen LogP contribution in [0, 0.1) is 11.8 Å². The molecule has 0 radical (unpaired) electrons. The molecule has 11 heavy (non-hydrogen) atoms. The third-order valence-electron chi connectivity index (χ3n) is 2.21. The van der Waals surface area contributed by atoms with E-state index in [4.69, 9.17) is 11.5 Å². The maximum Gasteiger partial charge on any atom is -0.00515 e. The van der Waals surface area contributed by atoms with Gasteiger partial charge < -0.3 is 11.5 Å². The summed E-state index contributed by atoms with van der Waals surface area (Å²) in [6.07, 6.45) is 3.67. The fourth-order valence-electron chi connectivity index (χ4n) is 1.12. The van der Waals surface area contributed by atoms with Crippen LogP contribution in [0.5, 0.6) is 0 Å². The molecular formula is C9H22N2. The molecule has 0 aliphatic carbocycles. The highest BCUT2D eigenvalue weighted by atomic mass is 14.5. The monoisotopic (exact) mass is 158 g/mol. The molecule has 2 atom stereocenters. The first-order valence-electron chi connectivity index (χ1n) is 4.60. The van der Waals surface area contributed by atoms with Crippen LogP contribution in [0.4, 0.5) is 0 Å². The molecule has 0 saturated carbocycles. The maximum atomic E-state index is 5.51. The number of hydrogen-bond donors (Lipinski definition) is 2. The summed E-state index contributed by atoms with van der Waals surface area (Å²) in [5.41, 5.74) is 11.0. The minimum Gasteiger partial charge on any atom is -0.330 e. The lowest BCUT2D eigenvalue weighted by atomic mass is 9.96. The number of rotatable bonds is 6. The van der Waals surface area contributed by atoms with E-state index in [2.05, 4.69) is 13.8 Å². The molecule has 4 N–H and O–H groups in total. The Morgan fingerprint density at radius 2 is 1.45 bits per heavy atom. The van der Waals surface area contributed by atoms with Crippen molar-refractivity contribution >= 4 is 0 Å². The molecule has 0 aromatic heterocycles. The van der Waals surface area contributed by atoms with Crippen LogP contribution in [-0.4, -0.2) is 13.1 Å². The van der Waals surface area contributed by atoms with Crippen LogP contribution in [0.2, 0.25) is 0 Å². The molecule has 0 spiro atoms. The van der Waals surface area contributed by atoms with E-state index in [0.717, 1.165) is 25.4 Å². The molecule has 2 heteroatoms. The zero-order valence-electron chi connectivity index (χ0n) is 7.84. The summed E-state index contributed by atoms with van der Waals surface area (Å²) < 4.78 is 0. The predicted octanol–water partition coefficient (Wildman–Crippen LogP) is 1.35. The topological polar surface area (TPSA) is 52.0 Å². The lowest BCUT2D eigenvalue weighted by Crippen LogP contribution is -2.13. The van der Waals surface area contributed by atoms with Crippen molar-refractivity contribution in [1.82, 2.24) is 0 Å². The summed E-state index contributed by atoms with van der Waals surface area (Å²) in [5.74, 6) is 1.45. The number of nitrogens with two attached hydrogens (primary N) is 2. The van der Waals surface area contributed by atoms with Gasteiger partial charge in [-0.3, -0.25) is 0 Å². The molecule has 0 amide bonds. The Labute approximate surface area is 70.3 Å². The van der Waals surface area contributed by atoms with Gasteiger partial charge in [-0.25, -0.2) is 0 Å². The van der Waals surface area contributed by atoms with Gasteiger partial charge in [0.1, 0.15) is 0 Å². The molecule has 0 aliphatic rings. The summed E-state index contributed by atoms with van der Waals surface area (Å²) in [7, 11) is 0. The average molecular weight is 158 g/mol. The van der Waals surface area contributed by atoms with Gasteiger partial charge >= 0.3 is 0 Å². The fourth-order valence-corrected chi connectivity index (χ4v) is 1.12. The van der Waals surface area contributed by atoms with E-state index in [-0.39, 0.29) is 0 Å². The van der Waals surface area contributed by atoms with Crippen molar-refractivity contribution in [3.8, 4) is 0 Å². The van der Waals surface area contributed by atoms with Crippen LogP contribution in [0.1, 0.15) is 33.1 Å². The van der Waals surface area contributed by atoms with Crippen LogP contribution in [0.15, 0.2) is 0 Å². The van der Waals surface area contributed by atoms with Crippen LogP contribution >= 0.6 is 0 Å². The molecule has 0 aliphatic heterocycles. The Morgan fingerprint density at radius 3 is 1.91 bits per heavy atom. The molecule has 0 saturated heterocycles. The van der Waals surface area contributed by atoms with E-state index in [0.29, 0.717) is 5.92 Å². The molecule has 0 bridgehead atoms. The normalized spacial score (nSPS) is 16.4. The Morgan fingerprint density at radius 1 is 0.909 bits per heavy atom. The van der Waals surface area contributed by atoms with Gasteiger partial charge in [-0.05, 0) is 37.8 Å². The molecule has 0 aromatic carbocycles. The van der Waals surface area contributed by atoms with Crippen molar-refractivity contribution in [2.45, 2.75) is 33.1 Å². The van der Waals surface area contributed by atoms with Crippen molar-refractivity contribution in [1.29, 1.82) is 0 Å². The minimum atomic E-state index is 0.676. The largest absolute Gasteiger partial charge is 0.330 e. The van der Waals surface area contributed by atoms with Gasteiger partial charge in [-0.15, -0.1) is 0 Å². The van der Waals surface area contributed by atoms with Crippen molar-refractivity contribution in [2.24, 2.45) is 23.3 Å². The smallest absolute Gasteiger partial charge is 0.00515 e. The quantitative estimate of drug-likeness (QED) is 0.613. The van der Waals surface area contributed by atoms with Gasteiger partial charge in [-0.2, -0.15) is 0 Å². The van der Waals surface area contributed by atoms with Gasteiger partial charge in [0.05, 0.1) is 0 Å². The van der Waals surface area contributed by atoms with Crippen molar-refractivity contribution in [3.63, 3.8) is 0 Å². The molecule has 0 rings (SSSR count). The van der Waals surface area contributed by atoms with E-state index in [1.54, 1.807) is 0 Å². The van der Waals surface area contributed by atoms with Gasteiger partial charge in [-0.1, -0.05) is 20.3 Å². The fraction of sp³-hybridized carbons (Fsp3) is 1.00. The third-order valence-corrected chi connectivity index (χ3v) is 2.21. The lowest BCUT2D eigenvalue weighted by Gasteiger charge is -2.12. The summed E-state index contributed by atoms with van der Waals surface area (Å²) in [5, 5.41) is 0. The molecule has 0 fully saturated rings. The van der Waals surface area contributed by atoms with E-state index in [1.807, 2.05) is 0 Å². The van der Waals surface area contributed by atoms with Crippen LogP contribution < -0.4 is 11.5 Å². The molecule has 68 valence electrons. The molecule has 0 heterocycles. The van der Waals surface area contributed by atoms with Crippen molar-refractivity contribution in [3.05, 3.63) is 0 Å². The SMILES string of the molecule is CC(CN)CCC(C)CCN. The zero-order chi connectivity index (χ0) is 8.69. The van der Waals surface area contributed by atoms with E-state index < -0.39 is 0 Å². The maximum absolute atomic E-state index is 5.51. The van der Waals surface area contributed by atoms with Gasteiger partial charge in [0.2, 0.25) is 0 Å². The predicted molar refractivity (Wildman–Crippen MR) is 50.3 cm³/mol. The minimum absolute atomic E-state index is 0.676. The second-order valence-corrected chi connectivity index (χ2v) is 3.60. The summed E-state index contributed by atoms with van der Waals surface area (Å²) >= 11 is 0. The number of hydrogen-bond acceptors (Lipinski definition) is 2. The molecule has 2 nitrogen and oxygen atoms in total. The van der Waals surface area contributed by atoms with Crippen molar-refractivity contribution < 1.29 is 0 Å². The van der Waals surface area contributed by atoms with Crippen LogP contribution in [0.3, 0.4) is 0 Å². The first-order chi connectivity index (χ1) is 5.20. The van der Waals surface area contributed by atoms with Crippen LogP contribution in [0.25, 0.3) is 0 Å². The lowest BCUT2D eigenvalue weighted by molar-refractivity contribution is 0.420. The Kier molecular flexibility index (Phi) is 6.57. The molecular weight excluding hydrogens is 136 g/mol. The van der Waals surface area contributed by atoms with Gasteiger partial charge in [0.15, 0.2) is 0 Å². The standard InChI is InChI=1S/C9H22N2/c1-8(5-6-10)3-4-9(2)7-11/h8-9H,3-7,10-11H2,1-2H3. The van der Waals surface area contributed by atoms with E-state index in [1.165, 1.54) is 12.8 Å². The van der Waals surface area contributed by atoms with Gasteiger partial charge in [0, 0.05) is 0 Å². The Bertz CT molecular complexity index is 83.6.